The summed E-state index contributed by atoms with van der Waals surface area (Å²) in [7, 11) is 0. The van der Waals surface area contributed by atoms with Gasteiger partial charge in [-0.15, -0.1) is 5.56 Å². The van der Waals surface area contributed by atoms with Crippen molar-refractivity contribution in [3.05, 3.63) is 31.3 Å². The van der Waals surface area contributed by atoms with Crippen molar-refractivity contribution in [3.8, 4) is 0 Å². The van der Waals surface area contributed by atoms with E-state index in [1.165, 1.54) is 12.0 Å². The second-order valence-corrected chi connectivity index (χ2v) is 2.48. The Bertz CT molecular complexity index is 213. The Labute approximate surface area is 85.7 Å². The molecule has 2 heterocycles. The van der Waals surface area contributed by atoms with Gasteiger partial charge >= 0.3 is 18.6 Å². The van der Waals surface area contributed by atoms with Crippen LogP contribution in [0, 0.1) is 13.6 Å². The molecule has 12 heavy (non-hydrogen) atoms. The fraction of sp³-hybridized carbons (Fsp3) is 0.333. The molecule has 0 amide bonds. The van der Waals surface area contributed by atoms with E-state index in [1.54, 1.807) is 0 Å². The van der Waals surface area contributed by atoms with Crippen molar-refractivity contribution < 1.29 is 18.6 Å². The van der Waals surface area contributed by atoms with Crippen LogP contribution in [0.3, 0.4) is 0 Å². The third-order valence-electron chi connectivity index (χ3n) is 1.75. The van der Waals surface area contributed by atoms with E-state index in [9.17, 15) is 0 Å². The first kappa shape index (κ1) is 11.5. The van der Waals surface area contributed by atoms with E-state index in [2.05, 4.69) is 22.6 Å². The minimum Gasteiger partial charge on any atom is -0.422 e. The molecule has 2 nitrogen and oxygen atoms in total. The normalized spacial score (nSPS) is 13.0. The molecule has 0 unspecified atom stereocenters. The Morgan fingerprint density at radius 2 is 2.33 bits per heavy atom. The molecule has 0 bridgehead atoms. The van der Waals surface area contributed by atoms with E-state index in [-0.39, 0.29) is 26.0 Å². The molecule has 0 aromatic carbocycles. The number of aromatic nitrogens is 1. The fourth-order valence-corrected chi connectivity index (χ4v) is 1.23. The first-order valence-electron chi connectivity index (χ1n) is 3.57. The number of hydrogen-bond donors (Lipinski definition) is 1. The Kier molecular flexibility index (Phi) is 5.02. The van der Waals surface area contributed by atoms with Crippen molar-refractivity contribution in [1.82, 2.24) is 4.98 Å². The first-order chi connectivity index (χ1) is 4.97. The van der Waals surface area contributed by atoms with Gasteiger partial charge in [-0.1, -0.05) is 6.20 Å². The average molecular weight is 199 g/mol. The third-order valence-corrected chi connectivity index (χ3v) is 1.75. The molecule has 0 aliphatic carbocycles. The van der Waals surface area contributed by atoms with Crippen molar-refractivity contribution in [3.63, 3.8) is 0 Å². The van der Waals surface area contributed by atoms with Gasteiger partial charge in [0, 0.05) is 12.4 Å². The zero-order chi connectivity index (χ0) is 6.81. The Morgan fingerprint density at radius 1 is 1.50 bits per heavy atom. The van der Waals surface area contributed by atoms with Crippen LogP contribution < -0.4 is 5.32 Å². The minimum atomic E-state index is 0. The largest absolute Gasteiger partial charge is 2.00 e. The predicted molar refractivity (Wildman–Crippen MR) is 46.3 cm³/mol. The Hall–Kier alpha value is -0.466. The van der Waals surface area contributed by atoms with E-state index < -0.39 is 0 Å². The number of pyridine rings is 1. The summed E-state index contributed by atoms with van der Waals surface area (Å²) in [4.78, 5) is 4.08. The summed E-state index contributed by atoms with van der Waals surface area (Å²) in [6.07, 6.45) is 5.19. The molecule has 0 atom stereocenters. The average Bonchev–Trinajstić information content (AvgIpc) is 2.05. The molecule has 63 valence electrons. The molecule has 1 N–H and O–H groups in total. The molecule has 0 saturated carbocycles. The monoisotopic (exact) mass is 199 g/mol. The van der Waals surface area contributed by atoms with Gasteiger partial charge in [0.1, 0.15) is 0 Å². The maximum Gasteiger partial charge on any atom is 2.00 e. The van der Waals surface area contributed by atoms with Crippen LogP contribution in [0.1, 0.15) is 12.0 Å². The van der Waals surface area contributed by atoms with E-state index in [0.29, 0.717) is 0 Å². The standard InChI is InChI=1S/C8H9N2.CH3.V/c1-3-7-4-2-6-10-8(7)9-5-1;;/h1,3H,2,4,6H2,(H,9,10);1H3;/q2*-1;+2. The summed E-state index contributed by atoms with van der Waals surface area (Å²) in [6.45, 7) is 1.05. The van der Waals surface area contributed by atoms with Crippen LogP contribution in [0.15, 0.2) is 12.1 Å². The topological polar surface area (TPSA) is 24.9 Å². The molecule has 3 heteroatoms. The summed E-state index contributed by atoms with van der Waals surface area (Å²) < 4.78 is 0. The van der Waals surface area contributed by atoms with Crippen LogP contribution in [0.5, 0.6) is 0 Å². The van der Waals surface area contributed by atoms with Gasteiger partial charge in [0.25, 0.3) is 0 Å². The van der Waals surface area contributed by atoms with E-state index in [4.69, 9.17) is 0 Å². The number of nitrogens with one attached hydrogen (secondary N) is 1. The summed E-state index contributed by atoms with van der Waals surface area (Å²) in [5, 5.41) is 3.22. The molecular formula is C9H12N2V. The van der Waals surface area contributed by atoms with Crippen LogP contribution >= 0.6 is 0 Å². The van der Waals surface area contributed by atoms with Crippen molar-refractivity contribution in [1.29, 1.82) is 0 Å². The van der Waals surface area contributed by atoms with E-state index >= 15 is 0 Å². The summed E-state index contributed by atoms with van der Waals surface area (Å²) in [5.41, 5.74) is 1.32. The number of hydrogen-bond acceptors (Lipinski definition) is 2. The van der Waals surface area contributed by atoms with Crippen molar-refractivity contribution >= 4 is 5.82 Å². The molecule has 0 fully saturated rings. The molecule has 1 aliphatic rings. The quantitative estimate of drug-likeness (QED) is 0.643. The molecule has 2 rings (SSSR count). The number of nitrogens with zero attached hydrogens (tertiary/aromatic N) is 1. The number of rotatable bonds is 0. The fourth-order valence-electron chi connectivity index (χ4n) is 1.23. The third kappa shape index (κ3) is 2.26. The molecule has 1 aliphatic heterocycles. The predicted octanol–water partition coefficient (Wildman–Crippen LogP) is 1.69. The maximum absolute atomic E-state index is 4.08. The second-order valence-electron chi connectivity index (χ2n) is 2.48. The van der Waals surface area contributed by atoms with Crippen LogP contribution in [0.2, 0.25) is 0 Å². The number of anilines is 1. The molecular weight excluding hydrogens is 187 g/mol. The van der Waals surface area contributed by atoms with E-state index in [0.717, 1.165) is 18.8 Å². The van der Waals surface area contributed by atoms with Crippen molar-refractivity contribution in [2.75, 3.05) is 11.9 Å². The maximum atomic E-state index is 4.08. The summed E-state index contributed by atoms with van der Waals surface area (Å²) in [5.74, 6) is 1.02. The van der Waals surface area contributed by atoms with Gasteiger partial charge in [0.15, 0.2) is 0 Å². The van der Waals surface area contributed by atoms with Gasteiger partial charge in [0.05, 0.1) is 0 Å². The summed E-state index contributed by atoms with van der Waals surface area (Å²) in [6, 6.07) is 3.94. The zero-order valence-electron chi connectivity index (χ0n) is 7.17. The molecule has 1 aromatic rings. The van der Waals surface area contributed by atoms with E-state index in [1.807, 2.05) is 6.07 Å². The van der Waals surface area contributed by atoms with Gasteiger partial charge in [0.2, 0.25) is 0 Å². The molecule has 0 saturated heterocycles. The Morgan fingerprint density at radius 3 is 3.08 bits per heavy atom. The number of aryl methyl sites for hydroxylation is 1. The second kappa shape index (κ2) is 5.23. The van der Waals surface area contributed by atoms with Gasteiger partial charge in [-0.05, 0) is 12.8 Å². The molecule has 1 radical (unpaired) electrons. The number of fused-ring (bicyclic) bond motifs is 1. The van der Waals surface area contributed by atoms with Gasteiger partial charge in [-0.25, -0.2) is 0 Å². The van der Waals surface area contributed by atoms with Crippen LogP contribution in [0.4, 0.5) is 5.82 Å². The first-order valence-corrected chi connectivity index (χ1v) is 3.57. The zero-order valence-corrected chi connectivity index (χ0v) is 8.57. The van der Waals surface area contributed by atoms with Gasteiger partial charge < -0.3 is 17.7 Å². The smallest absolute Gasteiger partial charge is 0.422 e. The molecule has 1 aromatic heterocycles. The summed E-state index contributed by atoms with van der Waals surface area (Å²) >= 11 is 0. The van der Waals surface area contributed by atoms with Gasteiger partial charge in [-0.3, -0.25) is 0 Å². The van der Waals surface area contributed by atoms with Crippen LogP contribution in [0.25, 0.3) is 0 Å². The van der Waals surface area contributed by atoms with Crippen LogP contribution in [-0.4, -0.2) is 11.5 Å². The SMILES string of the molecule is [CH3-].[V+2].[c-]1ccc2c(n1)NCCC2. The van der Waals surface area contributed by atoms with Crippen LogP contribution in [-0.2, 0) is 25.0 Å². The Balaban J connectivity index is 0.000000605. The van der Waals surface area contributed by atoms with Crippen molar-refractivity contribution in [2.45, 2.75) is 12.8 Å². The van der Waals surface area contributed by atoms with Crippen molar-refractivity contribution in [2.24, 2.45) is 0 Å². The molecule has 0 spiro atoms. The minimum absolute atomic E-state index is 0. The van der Waals surface area contributed by atoms with Gasteiger partial charge in [-0.2, -0.15) is 12.1 Å².